The van der Waals surface area contributed by atoms with Gasteiger partial charge in [-0.1, -0.05) is 31.0 Å². The number of methoxy groups -OCH3 is 1. The molecule has 3 aromatic rings. The molecule has 1 aliphatic rings. The van der Waals surface area contributed by atoms with Crippen LogP contribution in [-0.2, 0) is 14.8 Å². The zero-order valence-corrected chi connectivity index (χ0v) is 19.9. The Hall–Kier alpha value is -3.43. The third kappa shape index (κ3) is 5.55. The number of carbonyl (C=O) groups excluding carboxylic acids is 1. The van der Waals surface area contributed by atoms with E-state index in [9.17, 15) is 13.2 Å². The number of aromatic nitrogens is 2. The van der Waals surface area contributed by atoms with Crippen LogP contribution >= 0.6 is 0 Å². The van der Waals surface area contributed by atoms with Crippen molar-refractivity contribution in [3.63, 3.8) is 0 Å². The van der Waals surface area contributed by atoms with Gasteiger partial charge in [0.25, 0.3) is 0 Å². The van der Waals surface area contributed by atoms with Gasteiger partial charge in [0.1, 0.15) is 5.75 Å². The normalized spacial score (nSPS) is 15.2. The van der Waals surface area contributed by atoms with Crippen molar-refractivity contribution in [2.45, 2.75) is 30.6 Å². The van der Waals surface area contributed by atoms with Crippen molar-refractivity contribution in [3.8, 4) is 11.4 Å². The molecule has 8 nitrogen and oxygen atoms in total. The van der Waals surface area contributed by atoms with Crippen molar-refractivity contribution in [3.05, 3.63) is 72.6 Å². The van der Waals surface area contributed by atoms with E-state index in [4.69, 9.17) is 4.74 Å². The molecular weight excluding hydrogens is 452 g/mol. The van der Waals surface area contributed by atoms with E-state index >= 15 is 0 Å². The Labute approximate surface area is 199 Å². The number of ether oxygens (including phenoxy) is 1. The van der Waals surface area contributed by atoms with Crippen LogP contribution < -0.4 is 10.1 Å². The molecule has 178 valence electrons. The third-order valence-electron chi connectivity index (χ3n) is 5.68. The van der Waals surface area contributed by atoms with Crippen LogP contribution in [0.15, 0.2) is 71.9 Å². The van der Waals surface area contributed by atoms with Gasteiger partial charge >= 0.3 is 0 Å². The fourth-order valence-electron chi connectivity index (χ4n) is 3.87. The van der Waals surface area contributed by atoms with Crippen molar-refractivity contribution in [2.75, 3.05) is 25.5 Å². The molecule has 1 amide bonds. The number of rotatable bonds is 7. The van der Waals surface area contributed by atoms with Gasteiger partial charge in [0.15, 0.2) is 0 Å². The molecule has 0 aliphatic carbocycles. The van der Waals surface area contributed by atoms with Crippen LogP contribution in [0.4, 0.5) is 5.69 Å². The van der Waals surface area contributed by atoms with Gasteiger partial charge in [-0.2, -0.15) is 9.40 Å². The lowest BCUT2D eigenvalue weighted by atomic mass is 10.2. The molecule has 1 aromatic heterocycles. The zero-order chi connectivity index (χ0) is 24.0. The summed E-state index contributed by atoms with van der Waals surface area (Å²) in [5.41, 5.74) is 1.97. The van der Waals surface area contributed by atoms with Crippen molar-refractivity contribution in [1.29, 1.82) is 0 Å². The van der Waals surface area contributed by atoms with E-state index in [1.54, 1.807) is 23.0 Å². The molecule has 0 atom stereocenters. The van der Waals surface area contributed by atoms with Gasteiger partial charge in [-0.05, 0) is 49.2 Å². The van der Waals surface area contributed by atoms with Crippen LogP contribution in [0.5, 0.6) is 5.75 Å². The number of nitrogens with one attached hydrogen (secondary N) is 1. The standard InChI is InChI=1S/C25H28N4O4S/c1-33-24-13-12-22(34(31,32)28-15-7-2-3-8-16-28)17-23(24)27-25(30)14-11-20-18-26-29(19-20)21-9-5-4-6-10-21/h4-6,9-14,17-19H,2-3,7-8,15-16H2,1H3,(H,27,30)/b14-11+. The maximum absolute atomic E-state index is 13.2. The van der Waals surface area contributed by atoms with E-state index in [-0.39, 0.29) is 4.90 Å². The van der Waals surface area contributed by atoms with E-state index in [1.807, 2.05) is 36.5 Å². The molecule has 0 unspecified atom stereocenters. The van der Waals surface area contributed by atoms with E-state index in [0.29, 0.717) is 24.5 Å². The number of para-hydroxylation sites is 1. The summed E-state index contributed by atoms with van der Waals surface area (Å²) < 4.78 is 34.9. The summed E-state index contributed by atoms with van der Waals surface area (Å²) >= 11 is 0. The third-order valence-corrected chi connectivity index (χ3v) is 7.58. The Morgan fingerprint density at radius 3 is 2.50 bits per heavy atom. The summed E-state index contributed by atoms with van der Waals surface area (Å²) in [6.45, 7) is 1.02. The molecule has 34 heavy (non-hydrogen) atoms. The van der Waals surface area contributed by atoms with Crippen molar-refractivity contribution >= 4 is 27.7 Å². The summed E-state index contributed by atoms with van der Waals surface area (Å²) in [5.74, 6) is -0.0245. The van der Waals surface area contributed by atoms with Crippen molar-refractivity contribution in [2.24, 2.45) is 0 Å². The van der Waals surface area contributed by atoms with Crippen LogP contribution in [0.25, 0.3) is 11.8 Å². The minimum atomic E-state index is -3.65. The second-order valence-electron chi connectivity index (χ2n) is 8.06. The quantitative estimate of drug-likeness (QED) is 0.514. The molecule has 1 fully saturated rings. The number of benzene rings is 2. The predicted molar refractivity (Wildman–Crippen MR) is 131 cm³/mol. The lowest BCUT2D eigenvalue weighted by Crippen LogP contribution is -2.32. The average molecular weight is 481 g/mol. The van der Waals surface area contributed by atoms with Gasteiger partial charge in [0.2, 0.25) is 15.9 Å². The molecule has 0 radical (unpaired) electrons. The highest BCUT2D eigenvalue weighted by Crippen LogP contribution is 2.30. The maximum Gasteiger partial charge on any atom is 0.248 e. The van der Waals surface area contributed by atoms with E-state index in [0.717, 1.165) is 36.9 Å². The monoisotopic (exact) mass is 480 g/mol. The van der Waals surface area contributed by atoms with Crippen LogP contribution in [0.2, 0.25) is 0 Å². The molecule has 1 aliphatic heterocycles. The van der Waals surface area contributed by atoms with Crippen molar-refractivity contribution in [1.82, 2.24) is 14.1 Å². The van der Waals surface area contributed by atoms with E-state index < -0.39 is 15.9 Å². The van der Waals surface area contributed by atoms with Crippen LogP contribution in [-0.4, -0.2) is 48.6 Å². The Balaban J connectivity index is 1.49. The zero-order valence-electron chi connectivity index (χ0n) is 19.1. The molecule has 0 bridgehead atoms. The fourth-order valence-corrected chi connectivity index (χ4v) is 5.41. The summed E-state index contributed by atoms with van der Waals surface area (Å²) in [7, 11) is -2.18. The van der Waals surface area contributed by atoms with Gasteiger partial charge in [-0.25, -0.2) is 13.1 Å². The summed E-state index contributed by atoms with van der Waals surface area (Å²) in [5, 5.41) is 7.04. The van der Waals surface area contributed by atoms with Crippen LogP contribution in [0.1, 0.15) is 31.2 Å². The van der Waals surface area contributed by atoms with Gasteiger partial charge in [0.05, 0.1) is 29.6 Å². The topological polar surface area (TPSA) is 93.5 Å². The van der Waals surface area contributed by atoms with Crippen LogP contribution in [0, 0.1) is 0 Å². The molecule has 1 N–H and O–H groups in total. The highest BCUT2D eigenvalue weighted by Gasteiger charge is 2.26. The Bertz CT molecular complexity index is 1260. The SMILES string of the molecule is COc1ccc(S(=O)(=O)N2CCCCCC2)cc1NC(=O)/C=C/c1cnn(-c2ccccc2)c1. The largest absolute Gasteiger partial charge is 0.495 e. The van der Waals surface area contributed by atoms with Gasteiger partial charge < -0.3 is 10.1 Å². The first-order chi connectivity index (χ1) is 16.5. The lowest BCUT2D eigenvalue weighted by molar-refractivity contribution is -0.111. The Kier molecular flexibility index (Phi) is 7.44. The second kappa shape index (κ2) is 10.7. The first-order valence-corrected chi connectivity index (χ1v) is 12.7. The minimum Gasteiger partial charge on any atom is -0.495 e. The molecular formula is C25H28N4O4S. The average Bonchev–Trinajstić information content (AvgIpc) is 3.15. The minimum absolute atomic E-state index is 0.138. The number of carbonyl (C=O) groups is 1. The van der Waals surface area contributed by atoms with Gasteiger partial charge in [-0.3, -0.25) is 4.79 Å². The number of amides is 1. The fraction of sp³-hybridized carbons (Fsp3) is 0.280. The first-order valence-electron chi connectivity index (χ1n) is 11.2. The number of sulfonamides is 1. The van der Waals surface area contributed by atoms with Gasteiger partial charge in [0, 0.05) is 30.9 Å². The summed E-state index contributed by atoms with van der Waals surface area (Å²) in [6.07, 6.45) is 10.3. The summed E-state index contributed by atoms with van der Waals surface area (Å²) in [6, 6.07) is 14.2. The Morgan fingerprint density at radius 2 is 1.79 bits per heavy atom. The highest BCUT2D eigenvalue weighted by molar-refractivity contribution is 7.89. The number of anilines is 1. The number of hydrogen-bond acceptors (Lipinski definition) is 5. The van der Waals surface area contributed by atoms with Gasteiger partial charge in [-0.15, -0.1) is 0 Å². The van der Waals surface area contributed by atoms with E-state index in [2.05, 4.69) is 10.4 Å². The molecule has 4 rings (SSSR count). The molecule has 1 saturated heterocycles. The molecule has 2 aromatic carbocycles. The lowest BCUT2D eigenvalue weighted by Gasteiger charge is -2.20. The highest BCUT2D eigenvalue weighted by atomic mass is 32.2. The summed E-state index contributed by atoms with van der Waals surface area (Å²) in [4.78, 5) is 12.7. The van der Waals surface area contributed by atoms with Crippen LogP contribution in [0.3, 0.4) is 0 Å². The second-order valence-corrected chi connectivity index (χ2v) is 9.99. The molecule has 0 spiro atoms. The number of hydrogen-bond donors (Lipinski definition) is 1. The molecule has 9 heteroatoms. The van der Waals surface area contributed by atoms with E-state index in [1.165, 1.54) is 29.6 Å². The van der Waals surface area contributed by atoms with Crippen molar-refractivity contribution < 1.29 is 17.9 Å². The molecule has 2 heterocycles. The number of nitrogens with zero attached hydrogens (tertiary/aromatic N) is 3. The molecule has 0 saturated carbocycles. The maximum atomic E-state index is 13.2. The first kappa shape index (κ1) is 23.7. The predicted octanol–water partition coefficient (Wildman–Crippen LogP) is 4.10. The Morgan fingerprint density at radius 1 is 1.06 bits per heavy atom. The smallest absolute Gasteiger partial charge is 0.248 e.